The molecule has 162 valence electrons. The van der Waals surface area contributed by atoms with Gasteiger partial charge in [0.2, 0.25) is 0 Å². The Kier molecular flexibility index (Phi) is 5.51. The van der Waals surface area contributed by atoms with E-state index >= 15 is 0 Å². The van der Waals surface area contributed by atoms with Crippen molar-refractivity contribution in [3.05, 3.63) is 78.4 Å². The SMILES string of the molecule is C=Cc1ccc(-n2nc(CC3CCOCC3)cc2NC(=O)c2cnn3cccnc23)cc1. The molecule has 3 aromatic heterocycles. The lowest BCUT2D eigenvalue weighted by Gasteiger charge is -2.20. The molecule has 0 atom stereocenters. The van der Waals surface area contributed by atoms with Gasteiger partial charge >= 0.3 is 0 Å². The molecule has 0 aliphatic carbocycles. The van der Waals surface area contributed by atoms with Crippen molar-refractivity contribution >= 4 is 23.4 Å². The lowest BCUT2D eigenvalue weighted by molar-refractivity contribution is 0.0662. The molecule has 5 rings (SSSR count). The normalized spacial score (nSPS) is 14.5. The number of benzene rings is 1. The van der Waals surface area contributed by atoms with E-state index in [1.165, 1.54) is 6.20 Å². The van der Waals surface area contributed by atoms with Crippen LogP contribution in [-0.4, -0.2) is 43.5 Å². The third-order valence-corrected chi connectivity index (χ3v) is 5.74. The molecule has 0 bridgehead atoms. The number of nitrogens with zero attached hydrogens (tertiary/aromatic N) is 5. The van der Waals surface area contributed by atoms with E-state index in [-0.39, 0.29) is 5.91 Å². The standard InChI is InChI=1S/C24H24N6O2/c1-2-17-4-6-20(7-5-17)30-22(15-19(28-30)14-18-8-12-32-13-9-18)27-24(31)21-16-26-29-11-3-10-25-23(21)29/h2-7,10-11,15-16,18H,1,8-9,12-14H2,(H,27,31). The topological polar surface area (TPSA) is 86.3 Å². The lowest BCUT2D eigenvalue weighted by atomic mass is 9.95. The zero-order valence-corrected chi connectivity index (χ0v) is 17.6. The number of hydrogen-bond acceptors (Lipinski definition) is 5. The van der Waals surface area contributed by atoms with Crippen LogP contribution in [0.15, 0.2) is 61.6 Å². The predicted octanol–water partition coefficient (Wildman–Crippen LogP) is 3.78. The van der Waals surface area contributed by atoms with Gasteiger partial charge in [-0.05, 0) is 48.9 Å². The van der Waals surface area contributed by atoms with Gasteiger partial charge in [0.1, 0.15) is 11.4 Å². The van der Waals surface area contributed by atoms with Gasteiger partial charge in [0.15, 0.2) is 5.65 Å². The molecule has 8 heteroatoms. The van der Waals surface area contributed by atoms with Crippen molar-refractivity contribution in [3.8, 4) is 5.69 Å². The second kappa shape index (κ2) is 8.76. The van der Waals surface area contributed by atoms with Gasteiger partial charge in [-0.2, -0.15) is 10.2 Å². The van der Waals surface area contributed by atoms with E-state index in [1.54, 1.807) is 33.7 Å². The van der Waals surface area contributed by atoms with Crippen LogP contribution in [0.4, 0.5) is 5.82 Å². The molecule has 1 saturated heterocycles. The number of carbonyl (C=O) groups excluding carboxylic acids is 1. The van der Waals surface area contributed by atoms with Gasteiger partial charge < -0.3 is 10.1 Å². The van der Waals surface area contributed by atoms with Gasteiger partial charge in [-0.3, -0.25) is 4.79 Å². The highest BCUT2D eigenvalue weighted by Crippen LogP contribution is 2.24. The van der Waals surface area contributed by atoms with Gasteiger partial charge in [-0.15, -0.1) is 0 Å². The van der Waals surface area contributed by atoms with Crippen molar-refractivity contribution in [3.63, 3.8) is 0 Å². The van der Waals surface area contributed by atoms with E-state index in [1.807, 2.05) is 30.3 Å². The first-order valence-corrected chi connectivity index (χ1v) is 10.7. The first-order chi connectivity index (χ1) is 15.7. The van der Waals surface area contributed by atoms with Gasteiger partial charge in [0.05, 0.1) is 17.6 Å². The van der Waals surface area contributed by atoms with Crippen molar-refractivity contribution in [2.24, 2.45) is 5.92 Å². The second-order valence-corrected chi connectivity index (χ2v) is 7.89. The molecule has 1 aliphatic rings. The third-order valence-electron chi connectivity index (χ3n) is 5.74. The zero-order valence-electron chi connectivity index (χ0n) is 17.6. The fourth-order valence-corrected chi connectivity index (χ4v) is 3.98. The van der Waals surface area contributed by atoms with E-state index in [0.717, 1.165) is 49.4 Å². The summed E-state index contributed by atoms with van der Waals surface area (Å²) in [4.78, 5) is 17.4. The Bertz CT molecular complexity index is 1250. The first kappa shape index (κ1) is 20.1. The van der Waals surface area contributed by atoms with Crippen LogP contribution < -0.4 is 5.32 Å². The van der Waals surface area contributed by atoms with Crippen molar-refractivity contribution < 1.29 is 9.53 Å². The quantitative estimate of drug-likeness (QED) is 0.505. The minimum absolute atomic E-state index is 0.278. The number of aromatic nitrogens is 5. The molecule has 0 spiro atoms. The molecule has 0 saturated carbocycles. The molecule has 1 fully saturated rings. The van der Waals surface area contributed by atoms with Crippen LogP contribution in [0.25, 0.3) is 17.4 Å². The fraction of sp³-hybridized carbons (Fsp3) is 0.250. The minimum Gasteiger partial charge on any atom is -0.381 e. The molecule has 1 N–H and O–H groups in total. The summed E-state index contributed by atoms with van der Waals surface area (Å²) in [6.07, 6.45) is 9.63. The highest BCUT2D eigenvalue weighted by molar-refractivity contribution is 6.07. The third kappa shape index (κ3) is 4.04. The maximum absolute atomic E-state index is 13.1. The highest BCUT2D eigenvalue weighted by atomic mass is 16.5. The molecule has 1 amide bonds. The van der Waals surface area contributed by atoms with Gasteiger partial charge in [0.25, 0.3) is 5.91 Å². The van der Waals surface area contributed by atoms with Crippen LogP contribution >= 0.6 is 0 Å². The van der Waals surface area contributed by atoms with Crippen LogP contribution in [0.5, 0.6) is 0 Å². The highest BCUT2D eigenvalue weighted by Gasteiger charge is 2.20. The van der Waals surface area contributed by atoms with Gasteiger partial charge in [0, 0.05) is 31.7 Å². The van der Waals surface area contributed by atoms with Crippen molar-refractivity contribution in [1.82, 2.24) is 24.4 Å². The molecule has 1 aliphatic heterocycles. The average Bonchev–Trinajstić information content (AvgIpc) is 3.44. The first-order valence-electron chi connectivity index (χ1n) is 10.7. The summed E-state index contributed by atoms with van der Waals surface area (Å²) >= 11 is 0. The Labute approximate surface area is 185 Å². The Hall–Kier alpha value is -3.78. The summed E-state index contributed by atoms with van der Waals surface area (Å²) in [5.74, 6) is 0.862. The van der Waals surface area contributed by atoms with Gasteiger partial charge in [-0.25, -0.2) is 14.2 Å². The molecule has 0 unspecified atom stereocenters. The Morgan fingerprint density at radius 3 is 2.84 bits per heavy atom. The monoisotopic (exact) mass is 428 g/mol. The molecule has 4 aromatic rings. The van der Waals surface area contributed by atoms with Gasteiger partial charge in [-0.1, -0.05) is 24.8 Å². The van der Waals surface area contributed by atoms with Crippen LogP contribution in [0.3, 0.4) is 0 Å². The minimum atomic E-state index is -0.278. The number of nitrogens with one attached hydrogen (secondary N) is 1. The summed E-state index contributed by atoms with van der Waals surface area (Å²) in [6.45, 7) is 5.39. The number of hydrogen-bond donors (Lipinski definition) is 1. The lowest BCUT2D eigenvalue weighted by Crippen LogP contribution is -2.17. The van der Waals surface area contributed by atoms with Crippen LogP contribution in [0.1, 0.15) is 34.5 Å². The second-order valence-electron chi connectivity index (χ2n) is 7.89. The molecule has 8 nitrogen and oxygen atoms in total. The molecular weight excluding hydrogens is 404 g/mol. The summed E-state index contributed by atoms with van der Waals surface area (Å²) in [5, 5.41) is 12.1. The number of ether oxygens (including phenoxy) is 1. The van der Waals surface area contributed by atoms with E-state index in [0.29, 0.717) is 22.9 Å². The van der Waals surface area contributed by atoms with E-state index in [2.05, 4.69) is 22.0 Å². The van der Waals surface area contributed by atoms with Crippen molar-refractivity contribution in [1.29, 1.82) is 0 Å². The average molecular weight is 428 g/mol. The van der Waals surface area contributed by atoms with E-state index in [4.69, 9.17) is 9.84 Å². The Morgan fingerprint density at radius 2 is 2.06 bits per heavy atom. The number of rotatable bonds is 6. The largest absolute Gasteiger partial charge is 0.381 e. The zero-order chi connectivity index (χ0) is 21.9. The summed E-state index contributed by atoms with van der Waals surface area (Å²) in [7, 11) is 0. The number of carbonyl (C=O) groups is 1. The Morgan fingerprint density at radius 1 is 1.25 bits per heavy atom. The molecule has 1 aromatic carbocycles. The molecular formula is C24H24N6O2. The van der Waals surface area contributed by atoms with Crippen molar-refractivity contribution in [2.75, 3.05) is 18.5 Å². The Balaban J connectivity index is 1.47. The molecule has 0 radical (unpaired) electrons. The fourth-order valence-electron chi connectivity index (χ4n) is 3.98. The number of fused-ring (bicyclic) bond motifs is 1. The summed E-state index contributed by atoms with van der Waals surface area (Å²) in [5.41, 5.74) is 3.74. The number of amides is 1. The maximum atomic E-state index is 13.1. The van der Waals surface area contributed by atoms with E-state index in [9.17, 15) is 4.79 Å². The van der Waals surface area contributed by atoms with E-state index < -0.39 is 0 Å². The van der Waals surface area contributed by atoms with Crippen LogP contribution in [0.2, 0.25) is 0 Å². The summed E-state index contributed by atoms with van der Waals surface area (Å²) in [6, 6.07) is 11.6. The van der Waals surface area contributed by atoms with Crippen LogP contribution in [0, 0.1) is 5.92 Å². The summed E-state index contributed by atoms with van der Waals surface area (Å²) < 4.78 is 8.84. The smallest absolute Gasteiger partial charge is 0.262 e. The number of anilines is 1. The maximum Gasteiger partial charge on any atom is 0.262 e. The predicted molar refractivity (Wildman–Crippen MR) is 122 cm³/mol. The molecule has 32 heavy (non-hydrogen) atoms. The van der Waals surface area contributed by atoms with Crippen molar-refractivity contribution in [2.45, 2.75) is 19.3 Å². The van der Waals surface area contributed by atoms with Crippen LogP contribution in [-0.2, 0) is 11.2 Å². The molecule has 4 heterocycles.